The summed E-state index contributed by atoms with van der Waals surface area (Å²) in [7, 11) is -4.02. The summed E-state index contributed by atoms with van der Waals surface area (Å²) >= 11 is 0. The molecule has 0 saturated carbocycles. The van der Waals surface area contributed by atoms with Crippen molar-refractivity contribution in [1.29, 1.82) is 0 Å². The van der Waals surface area contributed by atoms with Gasteiger partial charge >= 0.3 is 16.1 Å². The number of carbonyl (C=O) groups excluding carboxylic acids is 1. The summed E-state index contributed by atoms with van der Waals surface area (Å²) in [5.41, 5.74) is 2.19. The van der Waals surface area contributed by atoms with Gasteiger partial charge in [0, 0.05) is 11.1 Å². The number of aryl methyl sites for hydroxylation is 1. The van der Waals surface area contributed by atoms with Crippen molar-refractivity contribution in [2.24, 2.45) is 4.99 Å². The number of esters is 1. The summed E-state index contributed by atoms with van der Waals surface area (Å²) < 4.78 is 35.7. The molecule has 0 saturated heterocycles. The van der Waals surface area contributed by atoms with E-state index in [1.165, 1.54) is 24.3 Å². The molecule has 0 spiro atoms. The number of ether oxygens (including phenoxy) is 1. The van der Waals surface area contributed by atoms with Gasteiger partial charge in [0.1, 0.15) is 10.6 Å². The molecule has 0 amide bonds. The zero-order valence-corrected chi connectivity index (χ0v) is 16.8. The molecule has 7 heteroatoms. The molecule has 0 bridgehead atoms. The second kappa shape index (κ2) is 7.96. The third-order valence-electron chi connectivity index (χ3n) is 4.36. The Balaban J connectivity index is 1.66. The fourth-order valence-electron chi connectivity index (χ4n) is 2.81. The fraction of sp³-hybridized carbons (Fsp3) is 0.0435. The highest BCUT2D eigenvalue weighted by Gasteiger charge is 2.25. The van der Waals surface area contributed by atoms with Crippen molar-refractivity contribution in [2.75, 3.05) is 0 Å². The number of benzene rings is 3. The van der Waals surface area contributed by atoms with Crippen LogP contribution < -0.4 is 4.18 Å². The van der Waals surface area contributed by atoms with Gasteiger partial charge in [-0.05, 0) is 43.3 Å². The van der Waals surface area contributed by atoms with Crippen molar-refractivity contribution < 1.29 is 22.1 Å². The molecule has 0 radical (unpaired) electrons. The van der Waals surface area contributed by atoms with Crippen LogP contribution in [0.25, 0.3) is 6.08 Å². The van der Waals surface area contributed by atoms with E-state index in [9.17, 15) is 13.2 Å². The first-order valence-corrected chi connectivity index (χ1v) is 10.5. The van der Waals surface area contributed by atoms with Gasteiger partial charge in [0.15, 0.2) is 5.70 Å². The zero-order chi connectivity index (χ0) is 21.1. The second-order valence-corrected chi connectivity index (χ2v) is 8.14. The molecule has 1 heterocycles. The largest absolute Gasteiger partial charge is 0.402 e. The van der Waals surface area contributed by atoms with Crippen LogP contribution in [-0.2, 0) is 19.6 Å². The minimum atomic E-state index is -4.02. The van der Waals surface area contributed by atoms with E-state index in [-0.39, 0.29) is 22.2 Å². The number of hydrogen-bond acceptors (Lipinski definition) is 6. The molecule has 3 aromatic carbocycles. The summed E-state index contributed by atoms with van der Waals surface area (Å²) in [6.45, 7) is 1.96. The molecule has 0 fully saturated rings. The predicted octanol–water partition coefficient (Wildman–Crippen LogP) is 4.11. The van der Waals surface area contributed by atoms with Gasteiger partial charge in [-0.1, -0.05) is 54.1 Å². The number of aliphatic imine (C=N–C) groups is 1. The Morgan fingerprint density at radius 1 is 0.900 bits per heavy atom. The summed E-state index contributed by atoms with van der Waals surface area (Å²) in [5.74, 6) is -0.339. The van der Waals surface area contributed by atoms with Crippen LogP contribution in [0, 0.1) is 6.92 Å². The van der Waals surface area contributed by atoms with Crippen LogP contribution in [0.2, 0.25) is 0 Å². The summed E-state index contributed by atoms with van der Waals surface area (Å²) in [5, 5.41) is 0. The SMILES string of the molecule is Cc1ccc(C2=N/C(=C/c3ccccc3OS(=O)(=O)c3ccccc3)C(=O)O2)cc1. The molecule has 6 nitrogen and oxygen atoms in total. The first-order chi connectivity index (χ1) is 14.4. The highest BCUT2D eigenvalue weighted by molar-refractivity contribution is 7.87. The third kappa shape index (κ3) is 4.16. The van der Waals surface area contributed by atoms with E-state index < -0.39 is 16.1 Å². The van der Waals surface area contributed by atoms with E-state index in [0.717, 1.165) is 5.56 Å². The van der Waals surface area contributed by atoms with E-state index >= 15 is 0 Å². The van der Waals surface area contributed by atoms with Gasteiger partial charge in [-0.3, -0.25) is 0 Å². The molecule has 3 aromatic rings. The lowest BCUT2D eigenvalue weighted by Crippen LogP contribution is -2.10. The van der Waals surface area contributed by atoms with Gasteiger partial charge in [0.05, 0.1) is 0 Å². The minimum Gasteiger partial charge on any atom is -0.402 e. The zero-order valence-electron chi connectivity index (χ0n) is 16.0. The van der Waals surface area contributed by atoms with Crippen LogP contribution in [-0.4, -0.2) is 20.3 Å². The van der Waals surface area contributed by atoms with Crippen molar-refractivity contribution >= 4 is 28.1 Å². The van der Waals surface area contributed by atoms with Crippen molar-refractivity contribution in [3.63, 3.8) is 0 Å². The summed E-state index contributed by atoms with van der Waals surface area (Å²) in [6, 6.07) is 21.7. The molecule has 0 aliphatic carbocycles. The number of nitrogens with zero attached hydrogens (tertiary/aromatic N) is 1. The van der Waals surface area contributed by atoms with Crippen LogP contribution in [0.15, 0.2) is 94.4 Å². The van der Waals surface area contributed by atoms with Crippen LogP contribution in [0.5, 0.6) is 5.75 Å². The normalized spacial score (nSPS) is 15.0. The Labute approximate surface area is 174 Å². The standard InChI is InChI=1S/C23H17NO5S/c1-16-11-13-17(14-12-16)22-24-20(23(25)28-22)15-18-7-5-6-10-21(18)29-30(26,27)19-8-3-2-4-9-19/h2-15H,1H3/b20-15+. The Bertz CT molecular complexity index is 1260. The number of para-hydroxylation sites is 1. The molecule has 0 unspecified atom stereocenters. The Hall–Kier alpha value is -3.71. The Kier molecular flexibility index (Phi) is 5.20. The van der Waals surface area contributed by atoms with Gasteiger partial charge < -0.3 is 8.92 Å². The molecular formula is C23H17NO5S. The first kappa shape index (κ1) is 19.6. The van der Waals surface area contributed by atoms with Gasteiger partial charge in [-0.15, -0.1) is 0 Å². The van der Waals surface area contributed by atoms with E-state index in [1.807, 2.05) is 31.2 Å². The smallest absolute Gasteiger partial charge is 0.363 e. The minimum absolute atomic E-state index is 0.0346. The van der Waals surface area contributed by atoms with Crippen LogP contribution in [0.3, 0.4) is 0 Å². The molecule has 4 rings (SSSR count). The van der Waals surface area contributed by atoms with Crippen molar-refractivity contribution in [1.82, 2.24) is 0 Å². The maximum atomic E-state index is 12.6. The lowest BCUT2D eigenvalue weighted by molar-refractivity contribution is -0.129. The molecule has 1 aliphatic heterocycles. The molecule has 150 valence electrons. The second-order valence-electron chi connectivity index (χ2n) is 6.59. The topological polar surface area (TPSA) is 82.0 Å². The van der Waals surface area contributed by atoms with Crippen LogP contribution in [0.4, 0.5) is 0 Å². The van der Waals surface area contributed by atoms with Crippen molar-refractivity contribution in [3.8, 4) is 5.75 Å². The van der Waals surface area contributed by atoms with E-state index in [2.05, 4.69) is 4.99 Å². The lowest BCUT2D eigenvalue weighted by atomic mass is 10.1. The van der Waals surface area contributed by atoms with Crippen LogP contribution in [0.1, 0.15) is 16.7 Å². The molecule has 1 aliphatic rings. The third-order valence-corrected chi connectivity index (χ3v) is 5.61. The Morgan fingerprint density at radius 3 is 2.30 bits per heavy atom. The predicted molar refractivity (Wildman–Crippen MR) is 112 cm³/mol. The first-order valence-electron chi connectivity index (χ1n) is 9.10. The van der Waals surface area contributed by atoms with E-state index in [0.29, 0.717) is 11.1 Å². The van der Waals surface area contributed by atoms with Crippen LogP contribution >= 0.6 is 0 Å². The quantitative estimate of drug-likeness (QED) is 0.353. The van der Waals surface area contributed by atoms with Crippen molar-refractivity contribution in [3.05, 3.63) is 101 Å². The van der Waals surface area contributed by atoms with Gasteiger partial charge in [0.2, 0.25) is 5.90 Å². The molecule has 30 heavy (non-hydrogen) atoms. The monoisotopic (exact) mass is 419 g/mol. The summed E-state index contributed by atoms with van der Waals surface area (Å²) in [4.78, 5) is 16.6. The maximum Gasteiger partial charge on any atom is 0.363 e. The van der Waals surface area contributed by atoms with Gasteiger partial charge in [0.25, 0.3) is 0 Å². The Morgan fingerprint density at radius 2 is 1.57 bits per heavy atom. The maximum absolute atomic E-state index is 12.6. The number of carbonyl (C=O) groups is 1. The lowest BCUT2D eigenvalue weighted by Gasteiger charge is -2.09. The number of rotatable bonds is 5. The number of cyclic esters (lactones) is 1. The van der Waals surface area contributed by atoms with Gasteiger partial charge in [-0.2, -0.15) is 8.42 Å². The van der Waals surface area contributed by atoms with Gasteiger partial charge in [-0.25, -0.2) is 9.79 Å². The average molecular weight is 419 g/mol. The van der Waals surface area contributed by atoms with Crippen molar-refractivity contribution in [2.45, 2.75) is 11.8 Å². The fourth-order valence-corrected chi connectivity index (χ4v) is 3.78. The van der Waals surface area contributed by atoms with E-state index in [4.69, 9.17) is 8.92 Å². The highest BCUT2D eigenvalue weighted by Crippen LogP contribution is 2.27. The highest BCUT2D eigenvalue weighted by atomic mass is 32.2. The molecule has 0 atom stereocenters. The average Bonchev–Trinajstić information content (AvgIpc) is 3.11. The molecular weight excluding hydrogens is 402 g/mol. The summed E-state index contributed by atoms with van der Waals surface area (Å²) in [6.07, 6.45) is 1.44. The number of hydrogen-bond donors (Lipinski definition) is 0. The van der Waals surface area contributed by atoms with E-state index in [1.54, 1.807) is 36.4 Å². The molecule has 0 N–H and O–H groups in total. The molecule has 0 aromatic heterocycles.